The number of rotatable bonds is 4. The van der Waals surface area contributed by atoms with Crippen LogP contribution < -0.4 is 0 Å². The first kappa shape index (κ1) is 29.0. The second-order valence-electron chi connectivity index (χ2n) is 16.6. The third-order valence-electron chi connectivity index (χ3n) is 14.4. The fraction of sp³-hybridized carbons (Fsp3) is 0.730. The molecule has 4 fully saturated rings. The molecule has 41 heavy (non-hydrogen) atoms. The quantitative estimate of drug-likeness (QED) is 0.295. The van der Waals surface area contributed by atoms with Crippen molar-refractivity contribution in [2.75, 3.05) is 0 Å². The molecule has 6 rings (SSSR count). The van der Waals surface area contributed by atoms with Gasteiger partial charge in [-0.05, 0) is 116 Å². The average molecular weight is 560 g/mol. The van der Waals surface area contributed by atoms with Crippen LogP contribution in [0.5, 0.6) is 0 Å². The highest BCUT2D eigenvalue weighted by atomic mass is 16.6. The normalized spacial score (nSPS) is 45.9. The number of carboxylic acid groups (broad SMARTS) is 1. The monoisotopic (exact) mass is 559 g/mol. The summed E-state index contributed by atoms with van der Waals surface area (Å²) in [6.07, 6.45) is 13.6. The van der Waals surface area contributed by atoms with Crippen LogP contribution in [-0.2, 0) is 16.2 Å². The molecule has 0 saturated heterocycles. The van der Waals surface area contributed by atoms with Crippen LogP contribution in [0.15, 0.2) is 47.1 Å². The van der Waals surface area contributed by atoms with Crippen molar-refractivity contribution in [3.05, 3.63) is 47.5 Å². The summed E-state index contributed by atoms with van der Waals surface area (Å²) in [7, 11) is 0. The van der Waals surface area contributed by atoms with Gasteiger partial charge in [-0.3, -0.25) is 4.79 Å². The molecule has 1 aromatic rings. The van der Waals surface area contributed by atoms with Crippen molar-refractivity contribution >= 4 is 11.7 Å². The largest absolute Gasteiger partial charge is 0.481 e. The Balaban J connectivity index is 1.29. The molecule has 4 nitrogen and oxygen atoms in total. The number of carboxylic acids is 1. The Labute approximate surface area is 248 Å². The number of oxime groups is 1. The predicted octanol–water partition coefficient (Wildman–Crippen LogP) is 9.45. The fourth-order valence-electron chi connectivity index (χ4n) is 11.3. The van der Waals surface area contributed by atoms with E-state index in [4.69, 9.17) is 9.99 Å². The number of nitrogens with zero attached hydrogens (tertiary/aromatic N) is 1. The SMILES string of the molecule is CC1(C(=O)O)CCC2(C)CCC3(C)C(=CCC4C5(C)CCC(=NOCc6ccccc6)C(C)(C)C5CCC43C)C2C1. The summed E-state index contributed by atoms with van der Waals surface area (Å²) in [5.41, 5.74) is 4.30. The lowest BCUT2D eigenvalue weighted by atomic mass is 9.33. The Kier molecular flexibility index (Phi) is 6.68. The predicted molar refractivity (Wildman–Crippen MR) is 165 cm³/mol. The summed E-state index contributed by atoms with van der Waals surface area (Å²) in [6, 6.07) is 10.3. The van der Waals surface area contributed by atoms with Crippen LogP contribution in [0, 0.1) is 50.2 Å². The highest BCUT2D eigenvalue weighted by Gasteiger charge is 2.68. The molecular weight excluding hydrogens is 506 g/mol. The molecule has 8 unspecified atom stereocenters. The fourth-order valence-corrected chi connectivity index (χ4v) is 11.3. The topological polar surface area (TPSA) is 58.9 Å². The van der Waals surface area contributed by atoms with E-state index in [1.54, 1.807) is 5.57 Å². The van der Waals surface area contributed by atoms with Gasteiger partial charge in [0, 0.05) is 5.41 Å². The maximum absolute atomic E-state index is 12.4. The van der Waals surface area contributed by atoms with E-state index in [1.165, 1.54) is 37.8 Å². The molecule has 0 amide bonds. The Bertz CT molecular complexity index is 1270. The summed E-state index contributed by atoms with van der Waals surface area (Å²) in [6.45, 7) is 17.7. The van der Waals surface area contributed by atoms with Gasteiger partial charge < -0.3 is 9.94 Å². The van der Waals surface area contributed by atoms with E-state index in [1.807, 2.05) is 13.0 Å². The summed E-state index contributed by atoms with van der Waals surface area (Å²) < 4.78 is 0. The Morgan fingerprint density at radius 2 is 1.63 bits per heavy atom. The van der Waals surface area contributed by atoms with Crippen molar-refractivity contribution in [2.45, 2.75) is 119 Å². The van der Waals surface area contributed by atoms with Gasteiger partial charge in [0.2, 0.25) is 0 Å². The smallest absolute Gasteiger partial charge is 0.309 e. The number of carbonyl (C=O) groups is 1. The van der Waals surface area contributed by atoms with Crippen LogP contribution in [0.2, 0.25) is 0 Å². The maximum atomic E-state index is 12.4. The van der Waals surface area contributed by atoms with Crippen molar-refractivity contribution in [1.29, 1.82) is 0 Å². The van der Waals surface area contributed by atoms with Gasteiger partial charge in [0.05, 0.1) is 11.1 Å². The highest BCUT2D eigenvalue weighted by Crippen LogP contribution is 2.75. The van der Waals surface area contributed by atoms with E-state index in [-0.39, 0.29) is 27.1 Å². The van der Waals surface area contributed by atoms with E-state index in [0.717, 1.165) is 37.7 Å². The Morgan fingerprint density at radius 1 is 0.927 bits per heavy atom. The van der Waals surface area contributed by atoms with Crippen molar-refractivity contribution in [3.63, 3.8) is 0 Å². The molecule has 1 N–H and O–H groups in total. The number of allylic oxidation sites excluding steroid dienone is 2. The lowest BCUT2D eigenvalue weighted by Crippen LogP contribution is -2.64. The van der Waals surface area contributed by atoms with Gasteiger partial charge in [-0.2, -0.15) is 0 Å². The second kappa shape index (κ2) is 9.45. The first-order chi connectivity index (χ1) is 19.2. The zero-order valence-electron chi connectivity index (χ0n) is 26.7. The average Bonchev–Trinajstić information content (AvgIpc) is 2.92. The van der Waals surface area contributed by atoms with Gasteiger partial charge in [0.15, 0.2) is 0 Å². The molecule has 4 saturated carbocycles. The maximum Gasteiger partial charge on any atom is 0.309 e. The van der Waals surface area contributed by atoms with E-state index in [9.17, 15) is 9.90 Å². The van der Waals surface area contributed by atoms with Crippen molar-refractivity contribution in [3.8, 4) is 0 Å². The molecule has 4 heteroatoms. The number of hydrogen-bond donors (Lipinski definition) is 1. The minimum atomic E-state index is -0.602. The Hall–Kier alpha value is -2.10. The summed E-state index contributed by atoms with van der Waals surface area (Å²) in [5, 5.41) is 15.0. The molecule has 0 heterocycles. The standard InChI is InChI=1S/C37H53NO3/c1-32(2)28-15-18-37(7)29(35(28,5)17-16-30(32)38-41-24-25-11-9-8-10-12-25)14-13-26-27-23-34(4,31(39)40)20-19-33(27,3)21-22-36(26,37)6/h8-13,27-29H,14-24H2,1-7H3,(H,39,40). The molecule has 5 aliphatic rings. The first-order valence-electron chi connectivity index (χ1n) is 16.4. The van der Waals surface area contributed by atoms with Crippen LogP contribution >= 0.6 is 0 Å². The first-order valence-corrected chi connectivity index (χ1v) is 16.4. The van der Waals surface area contributed by atoms with Crippen molar-refractivity contribution < 1.29 is 14.7 Å². The molecule has 8 atom stereocenters. The van der Waals surface area contributed by atoms with E-state index >= 15 is 0 Å². The summed E-state index contributed by atoms with van der Waals surface area (Å²) in [5.74, 6) is 1.00. The lowest BCUT2D eigenvalue weighted by Gasteiger charge is -2.71. The number of hydrogen-bond acceptors (Lipinski definition) is 3. The molecule has 224 valence electrons. The minimum Gasteiger partial charge on any atom is -0.481 e. The summed E-state index contributed by atoms with van der Waals surface area (Å²) in [4.78, 5) is 18.3. The van der Waals surface area contributed by atoms with Crippen LogP contribution in [0.4, 0.5) is 0 Å². The van der Waals surface area contributed by atoms with Gasteiger partial charge in [-0.25, -0.2) is 0 Å². The van der Waals surface area contributed by atoms with Gasteiger partial charge in [0.1, 0.15) is 6.61 Å². The van der Waals surface area contributed by atoms with Crippen LogP contribution in [0.1, 0.15) is 118 Å². The van der Waals surface area contributed by atoms with Gasteiger partial charge in [-0.15, -0.1) is 0 Å². The molecular formula is C37H53NO3. The van der Waals surface area contributed by atoms with Gasteiger partial charge in [0.25, 0.3) is 0 Å². The number of benzene rings is 1. The van der Waals surface area contributed by atoms with Gasteiger partial charge in [-0.1, -0.05) is 88.7 Å². The van der Waals surface area contributed by atoms with Gasteiger partial charge >= 0.3 is 5.97 Å². The third-order valence-corrected chi connectivity index (χ3v) is 14.4. The molecule has 0 aliphatic heterocycles. The lowest BCUT2D eigenvalue weighted by molar-refractivity contribution is -0.169. The number of fused-ring (bicyclic) bond motifs is 7. The van der Waals surface area contributed by atoms with Crippen LogP contribution in [-0.4, -0.2) is 16.8 Å². The summed E-state index contributed by atoms with van der Waals surface area (Å²) >= 11 is 0. The zero-order valence-corrected chi connectivity index (χ0v) is 26.7. The minimum absolute atomic E-state index is 0.00766. The molecule has 0 radical (unpaired) electrons. The van der Waals surface area contributed by atoms with E-state index in [2.05, 4.69) is 71.9 Å². The zero-order chi connectivity index (χ0) is 29.5. The van der Waals surface area contributed by atoms with Crippen LogP contribution in [0.3, 0.4) is 0 Å². The van der Waals surface area contributed by atoms with Crippen LogP contribution in [0.25, 0.3) is 0 Å². The van der Waals surface area contributed by atoms with Crippen molar-refractivity contribution in [2.24, 2.45) is 55.4 Å². The van der Waals surface area contributed by atoms with E-state index < -0.39 is 11.4 Å². The number of aliphatic carboxylic acids is 1. The van der Waals surface area contributed by atoms with Crippen molar-refractivity contribution in [1.82, 2.24) is 0 Å². The Morgan fingerprint density at radius 3 is 2.34 bits per heavy atom. The third kappa shape index (κ3) is 4.12. The molecule has 0 spiro atoms. The second-order valence-corrected chi connectivity index (χ2v) is 16.6. The molecule has 0 bridgehead atoms. The molecule has 1 aromatic carbocycles. The van der Waals surface area contributed by atoms with E-state index in [0.29, 0.717) is 24.4 Å². The molecule has 5 aliphatic carbocycles. The highest BCUT2D eigenvalue weighted by molar-refractivity contribution is 5.90. The molecule has 0 aromatic heterocycles.